The highest BCUT2D eigenvalue weighted by atomic mass is 32.1. The van der Waals surface area contributed by atoms with E-state index in [4.69, 9.17) is 4.79 Å². The lowest BCUT2D eigenvalue weighted by atomic mass is 10.1. The van der Waals surface area contributed by atoms with Crippen molar-refractivity contribution in [3.05, 3.63) is 47.5 Å². The Balaban J connectivity index is 0.000000387. The van der Waals surface area contributed by atoms with E-state index in [1.165, 1.54) is 55.5 Å². The molecule has 4 amide bonds. The van der Waals surface area contributed by atoms with Crippen LogP contribution in [0.3, 0.4) is 0 Å². The predicted octanol–water partition coefficient (Wildman–Crippen LogP) is 6.78. The largest absolute Gasteiger partial charge is 0.471 e. The third kappa shape index (κ3) is 17.5. The summed E-state index contributed by atoms with van der Waals surface area (Å²) in [6, 6.07) is 8.41. The summed E-state index contributed by atoms with van der Waals surface area (Å²) in [6.07, 6.45) is 11.2. The number of carbonyl (C=O) groups excluding carboxylic acids is 5. The van der Waals surface area contributed by atoms with Crippen molar-refractivity contribution >= 4 is 68.4 Å². The highest BCUT2D eigenvalue weighted by Crippen LogP contribution is 2.42. The summed E-state index contributed by atoms with van der Waals surface area (Å²) in [6.45, 7) is 14.5. The smallest absolute Gasteiger partial charge is 0.292 e. The minimum absolute atomic E-state index is 0.0303. The highest BCUT2D eigenvalue weighted by Gasteiger charge is 2.18. The monoisotopic (exact) mass is 785 g/mol. The van der Waals surface area contributed by atoms with E-state index in [0.29, 0.717) is 13.0 Å². The van der Waals surface area contributed by atoms with Gasteiger partial charge in [0.25, 0.3) is 6.47 Å². The van der Waals surface area contributed by atoms with E-state index in [2.05, 4.69) is 88.0 Å². The summed E-state index contributed by atoms with van der Waals surface area (Å²) in [5.41, 5.74) is 5.40. The summed E-state index contributed by atoms with van der Waals surface area (Å²) in [4.78, 5) is 63.3. The van der Waals surface area contributed by atoms with E-state index >= 15 is 0 Å². The van der Waals surface area contributed by atoms with Crippen LogP contribution in [0.4, 0.5) is 5.69 Å². The zero-order chi connectivity index (χ0) is 40.1. The van der Waals surface area contributed by atoms with E-state index in [1.807, 2.05) is 16.5 Å². The van der Waals surface area contributed by atoms with Gasteiger partial charge in [-0.3, -0.25) is 24.0 Å². The van der Waals surface area contributed by atoms with E-state index in [-0.39, 0.29) is 24.3 Å². The molecule has 0 atom stereocenters. The van der Waals surface area contributed by atoms with Gasteiger partial charge in [0, 0.05) is 49.4 Å². The van der Waals surface area contributed by atoms with Crippen LogP contribution in [0, 0.1) is 0 Å². The average molecular weight is 786 g/mol. The third-order valence-electron chi connectivity index (χ3n) is 7.33. The minimum Gasteiger partial charge on any atom is -0.471 e. The van der Waals surface area contributed by atoms with Gasteiger partial charge in [0.1, 0.15) is 0 Å². The second kappa shape index (κ2) is 28.8. The lowest BCUT2D eigenvalue weighted by molar-refractivity contribution is -0.131. The van der Waals surface area contributed by atoms with E-state index < -0.39 is 0 Å². The molecule has 2 fully saturated rings. The Kier molecular flexibility index (Phi) is 25.3. The van der Waals surface area contributed by atoms with Gasteiger partial charge in [0.15, 0.2) is 0 Å². The molecule has 298 valence electrons. The normalized spacial score (nSPS) is 12.4. The van der Waals surface area contributed by atoms with Gasteiger partial charge in [-0.1, -0.05) is 64.8 Å². The number of aromatic nitrogens is 2. The molecule has 13 nitrogen and oxygen atoms in total. The molecule has 0 saturated carbocycles. The molecule has 4 aromatic rings. The molecular formula is C39H59N7O6S2. The number of rotatable bonds is 9. The second-order valence-corrected chi connectivity index (χ2v) is 13.9. The number of amides is 4. The molecule has 5 heterocycles. The van der Waals surface area contributed by atoms with Crippen LogP contribution in [-0.4, -0.2) is 104 Å². The van der Waals surface area contributed by atoms with Crippen molar-refractivity contribution < 1.29 is 28.7 Å². The maximum absolute atomic E-state index is 11.3. The van der Waals surface area contributed by atoms with Crippen LogP contribution in [0.2, 0.25) is 0 Å². The molecule has 0 unspecified atom stereocenters. The number of hydrogen-bond acceptors (Lipinski definition) is 10. The summed E-state index contributed by atoms with van der Waals surface area (Å²) < 4.78 is 6.20. The van der Waals surface area contributed by atoms with Gasteiger partial charge in [0.05, 0.1) is 53.5 Å². The SMILES string of the molecule is CC(=O)NCC(=O)N1CCCC1.CCC.CCC.CNCC(=O)N1CCCC1.COC=O.O=CNc1csc2c(-c3ccc(-c4cnc[nH]4)cc3)csc12. The van der Waals surface area contributed by atoms with Crippen molar-refractivity contribution in [3.63, 3.8) is 0 Å². The summed E-state index contributed by atoms with van der Waals surface area (Å²) >= 11 is 3.31. The number of benzene rings is 1. The van der Waals surface area contributed by atoms with Crippen LogP contribution < -0.4 is 16.0 Å². The number of likely N-dealkylation sites (N-methyl/N-ethyl adjacent to an activating group) is 1. The van der Waals surface area contributed by atoms with Gasteiger partial charge in [-0.05, 0) is 43.9 Å². The standard InChI is InChI=1S/C16H11N3OS2.C8H14N2O2.C7H14N2O.2C3H8.C2H4O2/c20-9-19-14-7-22-15-12(6-21-16(14)15)10-1-3-11(4-2-10)13-5-17-8-18-13;1-7(11)9-6-8(12)10-4-2-3-5-10;1-8-6-7(10)9-4-2-3-5-9;2*1-3-2;1-4-2-3/h1-9H,(H,17,18)(H,19,20);2-6H2,1H3,(H,9,11);8H,2-6H2,1H3;2*3H2,1-2H3;2H,1H3. The van der Waals surface area contributed by atoms with Gasteiger partial charge < -0.3 is 35.5 Å². The van der Waals surface area contributed by atoms with Crippen LogP contribution in [0.25, 0.3) is 31.8 Å². The topological polar surface area (TPSA) is 166 Å². The number of methoxy groups -OCH3 is 1. The third-order valence-corrected chi connectivity index (χ3v) is 9.49. The number of nitrogens with one attached hydrogen (secondary N) is 4. The van der Waals surface area contributed by atoms with Gasteiger partial charge in [-0.25, -0.2) is 4.98 Å². The zero-order valence-corrected chi connectivity index (χ0v) is 34.5. The molecule has 1 aromatic carbocycles. The molecule has 0 aliphatic carbocycles. The Hall–Kier alpha value is -4.60. The van der Waals surface area contributed by atoms with E-state index in [1.54, 1.807) is 40.9 Å². The average Bonchev–Trinajstić information content (AvgIpc) is 4.02. The lowest BCUT2D eigenvalue weighted by Gasteiger charge is -2.14. The maximum Gasteiger partial charge on any atom is 0.292 e. The molecular weight excluding hydrogens is 727 g/mol. The van der Waals surface area contributed by atoms with Crippen molar-refractivity contribution in [1.82, 2.24) is 30.4 Å². The van der Waals surface area contributed by atoms with E-state index in [9.17, 15) is 19.2 Å². The Morgan fingerprint density at radius 1 is 0.833 bits per heavy atom. The fourth-order valence-electron chi connectivity index (χ4n) is 4.93. The number of likely N-dealkylation sites (tertiary alicyclic amines) is 2. The highest BCUT2D eigenvalue weighted by molar-refractivity contribution is 7.28. The number of carbonyl (C=O) groups is 5. The number of ether oxygens (including phenoxy) is 1. The molecule has 6 rings (SSSR count). The Bertz CT molecular complexity index is 1610. The summed E-state index contributed by atoms with van der Waals surface area (Å²) in [7, 11) is 3.11. The fourth-order valence-corrected chi connectivity index (χ4v) is 7.27. The number of fused-ring (bicyclic) bond motifs is 1. The molecule has 2 aliphatic rings. The minimum atomic E-state index is -0.150. The molecule has 3 aromatic heterocycles. The number of anilines is 1. The predicted molar refractivity (Wildman–Crippen MR) is 222 cm³/mol. The number of hydrogen-bond donors (Lipinski definition) is 4. The van der Waals surface area contributed by atoms with Crippen molar-refractivity contribution in [3.8, 4) is 22.4 Å². The summed E-state index contributed by atoms with van der Waals surface area (Å²) in [5, 5.41) is 12.2. The van der Waals surface area contributed by atoms with Gasteiger partial charge in [-0.15, -0.1) is 22.7 Å². The van der Waals surface area contributed by atoms with Gasteiger partial charge >= 0.3 is 0 Å². The lowest BCUT2D eigenvalue weighted by Crippen LogP contribution is -2.37. The zero-order valence-electron chi connectivity index (χ0n) is 32.9. The molecule has 0 spiro atoms. The molecule has 2 saturated heterocycles. The molecule has 2 aliphatic heterocycles. The first-order chi connectivity index (χ1) is 26.1. The van der Waals surface area contributed by atoms with Gasteiger partial charge in [0.2, 0.25) is 24.1 Å². The van der Waals surface area contributed by atoms with Crippen LogP contribution in [0.15, 0.2) is 47.5 Å². The quantitative estimate of drug-likeness (QED) is 0.135. The molecule has 4 N–H and O–H groups in total. The van der Waals surface area contributed by atoms with Crippen LogP contribution in [0.1, 0.15) is 73.1 Å². The molecule has 54 heavy (non-hydrogen) atoms. The first-order valence-corrected chi connectivity index (χ1v) is 20.1. The van der Waals surface area contributed by atoms with Crippen LogP contribution in [-0.2, 0) is 28.7 Å². The first-order valence-electron chi connectivity index (χ1n) is 18.3. The fraction of sp³-hybridized carbons (Fsp3) is 0.487. The number of nitrogens with zero attached hydrogens (tertiary/aromatic N) is 3. The van der Waals surface area contributed by atoms with Crippen LogP contribution >= 0.6 is 22.7 Å². The van der Waals surface area contributed by atoms with Crippen molar-refractivity contribution in [2.24, 2.45) is 0 Å². The number of imidazole rings is 1. The van der Waals surface area contributed by atoms with Crippen molar-refractivity contribution in [2.45, 2.75) is 73.1 Å². The Morgan fingerprint density at radius 2 is 1.33 bits per heavy atom. The van der Waals surface area contributed by atoms with Crippen molar-refractivity contribution in [2.75, 3.05) is 58.7 Å². The Labute approximate surface area is 328 Å². The van der Waals surface area contributed by atoms with E-state index in [0.717, 1.165) is 67.1 Å². The Morgan fingerprint density at radius 3 is 1.78 bits per heavy atom. The van der Waals surface area contributed by atoms with Gasteiger partial charge in [-0.2, -0.15) is 0 Å². The van der Waals surface area contributed by atoms with Crippen molar-refractivity contribution in [1.29, 1.82) is 0 Å². The van der Waals surface area contributed by atoms with Crippen LogP contribution in [0.5, 0.6) is 0 Å². The first kappa shape index (κ1) is 47.4. The number of H-pyrrole nitrogens is 1. The maximum atomic E-state index is 11.3. The number of aromatic amines is 1. The second-order valence-electron chi connectivity index (χ2n) is 12.1. The molecule has 0 radical (unpaired) electrons. The number of thiophene rings is 2. The molecule has 0 bridgehead atoms. The molecule has 15 heteroatoms. The summed E-state index contributed by atoms with van der Waals surface area (Å²) in [5.74, 6) is 0.116.